The Labute approximate surface area is 157 Å². The lowest BCUT2D eigenvalue weighted by molar-refractivity contribution is -0.115. The predicted molar refractivity (Wildman–Crippen MR) is 104 cm³/mol. The van der Waals surface area contributed by atoms with Gasteiger partial charge in [-0.05, 0) is 42.5 Å². The minimum atomic E-state index is -0.240. The second-order valence-electron chi connectivity index (χ2n) is 5.81. The fraction of sp³-hybridized carbons (Fsp3) is 0.0952. The monoisotopic (exact) mass is 361 g/mol. The third-order valence-corrected chi connectivity index (χ3v) is 3.89. The summed E-state index contributed by atoms with van der Waals surface area (Å²) in [7, 11) is 1.58. The fourth-order valence-electron chi connectivity index (χ4n) is 2.56. The summed E-state index contributed by atoms with van der Waals surface area (Å²) < 4.78 is 5.26. The predicted octanol–water partition coefficient (Wildman–Crippen LogP) is 3.52. The number of para-hydroxylation sites is 1. The smallest absolute Gasteiger partial charge is 0.257 e. The van der Waals surface area contributed by atoms with E-state index in [9.17, 15) is 9.59 Å². The molecule has 0 radical (unpaired) electrons. The quantitative estimate of drug-likeness (QED) is 0.704. The maximum atomic E-state index is 12.3. The number of carbonyl (C=O) groups excluding carboxylic acids is 2. The van der Waals surface area contributed by atoms with Crippen molar-refractivity contribution in [3.8, 4) is 5.75 Å². The molecule has 2 aromatic carbocycles. The molecule has 3 aromatic rings. The minimum Gasteiger partial charge on any atom is -0.496 e. The molecule has 27 heavy (non-hydrogen) atoms. The molecule has 2 N–H and O–H groups in total. The molecule has 0 bridgehead atoms. The van der Waals surface area contributed by atoms with Crippen LogP contribution < -0.4 is 15.4 Å². The molecule has 136 valence electrons. The summed E-state index contributed by atoms with van der Waals surface area (Å²) in [6, 6.07) is 17.7. The van der Waals surface area contributed by atoms with Gasteiger partial charge in [-0.15, -0.1) is 0 Å². The molecule has 6 heteroatoms. The molecule has 0 saturated carbocycles. The van der Waals surface area contributed by atoms with Crippen LogP contribution in [0.25, 0.3) is 0 Å². The first-order valence-electron chi connectivity index (χ1n) is 8.39. The van der Waals surface area contributed by atoms with Crippen LogP contribution in [0.2, 0.25) is 0 Å². The topological polar surface area (TPSA) is 80.3 Å². The average molecular weight is 361 g/mol. The van der Waals surface area contributed by atoms with Crippen LogP contribution in [0.5, 0.6) is 5.75 Å². The maximum Gasteiger partial charge on any atom is 0.257 e. The third kappa shape index (κ3) is 4.92. The van der Waals surface area contributed by atoms with E-state index in [1.54, 1.807) is 49.7 Å². The number of rotatable bonds is 6. The molecule has 0 aliphatic rings. The zero-order valence-electron chi connectivity index (χ0n) is 14.8. The van der Waals surface area contributed by atoms with E-state index in [0.717, 1.165) is 5.56 Å². The van der Waals surface area contributed by atoms with E-state index in [0.29, 0.717) is 22.7 Å². The van der Waals surface area contributed by atoms with Gasteiger partial charge in [-0.3, -0.25) is 14.6 Å². The summed E-state index contributed by atoms with van der Waals surface area (Å²) in [5, 5.41) is 5.62. The molecule has 1 aromatic heterocycles. The van der Waals surface area contributed by atoms with E-state index in [2.05, 4.69) is 15.6 Å². The Morgan fingerprint density at radius 2 is 1.63 bits per heavy atom. The molecule has 6 nitrogen and oxygen atoms in total. The summed E-state index contributed by atoms with van der Waals surface area (Å²) in [6.45, 7) is 0. The van der Waals surface area contributed by atoms with Crippen molar-refractivity contribution in [3.05, 3.63) is 84.2 Å². The lowest BCUT2D eigenvalue weighted by atomic mass is 10.1. The highest BCUT2D eigenvalue weighted by Gasteiger charge is 2.09. The molecule has 3 rings (SSSR count). The van der Waals surface area contributed by atoms with Crippen molar-refractivity contribution in [1.29, 1.82) is 0 Å². The first-order valence-corrected chi connectivity index (χ1v) is 8.39. The highest BCUT2D eigenvalue weighted by molar-refractivity contribution is 6.04. The number of anilines is 2. The van der Waals surface area contributed by atoms with E-state index >= 15 is 0 Å². The molecule has 0 saturated heterocycles. The number of hydrogen-bond donors (Lipinski definition) is 2. The van der Waals surface area contributed by atoms with Gasteiger partial charge >= 0.3 is 0 Å². The molecule has 0 atom stereocenters. The molecule has 2 amide bonds. The second kappa shape index (κ2) is 8.62. The molecular formula is C21H19N3O3. The Hall–Kier alpha value is -3.67. The van der Waals surface area contributed by atoms with Crippen LogP contribution in [0.4, 0.5) is 11.4 Å². The number of hydrogen-bond acceptors (Lipinski definition) is 4. The van der Waals surface area contributed by atoms with E-state index in [1.165, 1.54) is 6.20 Å². The van der Waals surface area contributed by atoms with E-state index in [1.807, 2.05) is 24.3 Å². The normalized spacial score (nSPS) is 10.1. The zero-order chi connectivity index (χ0) is 19.1. The summed E-state index contributed by atoms with van der Waals surface area (Å²) in [5.41, 5.74) is 2.57. The maximum absolute atomic E-state index is 12.3. The summed E-state index contributed by atoms with van der Waals surface area (Å²) in [4.78, 5) is 28.3. The molecule has 0 fully saturated rings. The SMILES string of the molecule is COc1ccccc1CC(=O)Nc1ccc(NC(=O)c2cccnc2)cc1. The zero-order valence-corrected chi connectivity index (χ0v) is 14.8. The Morgan fingerprint density at radius 3 is 2.30 bits per heavy atom. The van der Waals surface area contributed by atoms with Crippen molar-refractivity contribution >= 4 is 23.2 Å². The van der Waals surface area contributed by atoms with Crippen molar-refractivity contribution in [3.63, 3.8) is 0 Å². The number of nitrogens with one attached hydrogen (secondary N) is 2. The standard InChI is InChI=1S/C21H19N3O3/c1-27-19-7-3-2-5-15(19)13-20(25)23-17-8-10-18(11-9-17)24-21(26)16-6-4-12-22-14-16/h2-12,14H,13H2,1H3,(H,23,25)(H,24,26). The molecule has 0 aliphatic carbocycles. The van der Waals surface area contributed by atoms with Crippen LogP contribution >= 0.6 is 0 Å². The van der Waals surface area contributed by atoms with Gasteiger partial charge in [-0.1, -0.05) is 18.2 Å². The number of pyridine rings is 1. The Morgan fingerprint density at radius 1 is 0.926 bits per heavy atom. The molecule has 0 unspecified atom stereocenters. The van der Waals surface area contributed by atoms with Gasteiger partial charge in [0.25, 0.3) is 5.91 Å². The van der Waals surface area contributed by atoms with Crippen LogP contribution in [0.1, 0.15) is 15.9 Å². The van der Waals surface area contributed by atoms with Gasteiger partial charge in [0.1, 0.15) is 5.75 Å². The van der Waals surface area contributed by atoms with Gasteiger partial charge in [-0.25, -0.2) is 0 Å². The highest BCUT2D eigenvalue weighted by Crippen LogP contribution is 2.19. The number of amides is 2. The number of methoxy groups -OCH3 is 1. The van der Waals surface area contributed by atoms with Crippen molar-refractivity contribution in [2.45, 2.75) is 6.42 Å². The van der Waals surface area contributed by atoms with E-state index in [4.69, 9.17) is 4.74 Å². The van der Waals surface area contributed by atoms with Crippen molar-refractivity contribution in [1.82, 2.24) is 4.98 Å². The van der Waals surface area contributed by atoms with Crippen LogP contribution in [0, 0.1) is 0 Å². The Bertz CT molecular complexity index is 925. The third-order valence-electron chi connectivity index (χ3n) is 3.89. The van der Waals surface area contributed by atoms with E-state index in [-0.39, 0.29) is 18.2 Å². The average Bonchev–Trinajstić information content (AvgIpc) is 2.70. The first kappa shape index (κ1) is 18.1. The van der Waals surface area contributed by atoms with Crippen LogP contribution in [0.3, 0.4) is 0 Å². The first-order chi connectivity index (χ1) is 13.2. The Balaban J connectivity index is 1.59. The van der Waals surface area contributed by atoms with Crippen LogP contribution in [-0.4, -0.2) is 23.9 Å². The summed E-state index contributed by atoms with van der Waals surface area (Å²) in [6.07, 6.45) is 3.32. The van der Waals surface area contributed by atoms with Gasteiger partial charge in [-0.2, -0.15) is 0 Å². The van der Waals surface area contributed by atoms with E-state index < -0.39 is 0 Å². The molecule has 0 spiro atoms. The lowest BCUT2D eigenvalue weighted by Gasteiger charge is -2.10. The number of ether oxygens (including phenoxy) is 1. The van der Waals surface area contributed by atoms with Crippen molar-refractivity contribution in [2.75, 3.05) is 17.7 Å². The second-order valence-corrected chi connectivity index (χ2v) is 5.81. The lowest BCUT2D eigenvalue weighted by Crippen LogP contribution is -2.15. The molecular weight excluding hydrogens is 342 g/mol. The van der Waals surface area contributed by atoms with Gasteiger partial charge in [0.15, 0.2) is 0 Å². The van der Waals surface area contributed by atoms with Crippen LogP contribution in [0.15, 0.2) is 73.1 Å². The fourth-order valence-corrected chi connectivity index (χ4v) is 2.56. The Kier molecular flexibility index (Phi) is 5.79. The number of aromatic nitrogens is 1. The summed E-state index contributed by atoms with van der Waals surface area (Å²) in [5.74, 6) is 0.295. The highest BCUT2D eigenvalue weighted by atomic mass is 16.5. The van der Waals surface area contributed by atoms with Crippen molar-refractivity contribution < 1.29 is 14.3 Å². The molecule has 0 aliphatic heterocycles. The van der Waals surface area contributed by atoms with Gasteiger partial charge in [0.05, 0.1) is 19.1 Å². The van der Waals surface area contributed by atoms with Gasteiger partial charge < -0.3 is 15.4 Å². The van der Waals surface area contributed by atoms with Crippen molar-refractivity contribution in [2.24, 2.45) is 0 Å². The van der Waals surface area contributed by atoms with Gasteiger partial charge in [0, 0.05) is 29.3 Å². The van der Waals surface area contributed by atoms with Gasteiger partial charge in [0.2, 0.25) is 5.91 Å². The number of benzene rings is 2. The van der Waals surface area contributed by atoms with Crippen LogP contribution in [-0.2, 0) is 11.2 Å². The minimum absolute atomic E-state index is 0.147. The largest absolute Gasteiger partial charge is 0.496 e. The number of nitrogens with zero attached hydrogens (tertiary/aromatic N) is 1. The summed E-state index contributed by atoms with van der Waals surface area (Å²) >= 11 is 0. The number of carbonyl (C=O) groups is 2. The molecule has 1 heterocycles.